The van der Waals surface area contributed by atoms with E-state index in [2.05, 4.69) is 0 Å². The van der Waals surface area contributed by atoms with Crippen molar-refractivity contribution in [1.29, 1.82) is 0 Å². The summed E-state index contributed by atoms with van der Waals surface area (Å²) in [6, 6.07) is 0. The Morgan fingerprint density at radius 2 is 2.62 bits per heavy atom. The van der Waals surface area contributed by atoms with E-state index in [0.717, 1.165) is 5.57 Å². The molecule has 0 atom stereocenters. The lowest BCUT2D eigenvalue weighted by Crippen LogP contribution is -1.75. The second kappa shape index (κ2) is 1.85. The largest absolute Gasteiger partial charge is 0.457 e. The van der Waals surface area contributed by atoms with Gasteiger partial charge in [-0.15, -0.1) is 0 Å². The van der Waals surface area contributed by atoms with Crippen LogP contribution >= 0.6 is 0 Å². The Bertz CT molecular complexity index is 173. The lowest BCUT2D eigenvalue weighted by atomic mass is 10.2. The van der Waals surface area contributed by atoms with Crippen molar-refractivity contribution in [3.05, 3.63) is 17.6 Å². The molecule has 0 aromatic carbocycles. The normalized spacial score (nSPS) is 17.1. The first-order valence-electron chi connectivity index (χ1n) is 2.39. The monoisotopic (exact) mass is 110 g/mol. The van der Waals surface area contributed by atoms with E-state index in [0.29, 0.717) is 12.2 Å². The first kappa shape index (κ1) is 5.13. The van der Waals surface area contributed by atoms with Gasteiger partial charge in [-0.05, 0) is 12.5 Å². The van der Waals surface area contributed by atoms with E-state index >= 15 is 0 Å². The molecule has 0 aromatic rings. The highest BCUT2D eigenvalue weighted by Gasteiger charge is 2.06. The fraction of sp³-hybridized carbons (Fsp3) is 0.333. The Balaban J connectivity index is 2.69. The van der Waals surface area contributed by atoms with Gasteiger partial charge in [0.2, 0.25) is 0 Å². The molecule has 2 heteroatoms. The quantitative estimate of drug-likeness (QED) is 0.435. The van der Waals surface area contributed by atoms with Crippen LogP contribution in [0, 0.1) is 0 Å². The predicted molar refractivity (Wildman–Crippen MR) is 28.7 cm³/mol. The van der Waals surface area contributed by atoms with Crippen molar-refractivity contribution in [2.24, 2.45) is 0 Å². The van der Waals surface area contributed by atoms with E-state index in [-0.39, 0.29) is 0 Å². The Labute approximate surface area is 47.5 Å². The SMILES string of the molecule is CC1=COC(=C=O)C1. The summed E-state index contributed by atoms with van der Waals surface area (Å²) in [4.78, 5) is 9.83. The van der Waals surface area contributed by atoms with E-state index in [9.17, 15) is 4.79 Å². The number of carbonyl (C=O) groups excluding carboxylic acids is 1. The summed E-state index contributed by atoms with van der Waals surface area (Å²) >= 11 is 0. The molecule has 1 aliphatic heterocycles. The van der Waals surface area contributed by atoms with Crippen LogP contribution in [-0.4, -0.2) is 5.94 Å². The first-order chi connectivity index (χ1) is 3.83. The lowest BCUT2D eigenvalue weighted by molar-refractivity contribution is 0.369. The minimum Gasteiger partial charge on any atom is -0.457 e. The minimum atomic E-state index is 0.391. The Morgan fingerprint density at radius 1 is 1.88 bits per heavy atom. The number of allylic oxidation sites excluding steroid dienone is 1. The average Bonchev–Trinajstić information content (AvgIpc) is 2.14. The van der Waals surface area contributed by atoms with Gasteiger partial charge in [0.15, 0.2) is 11.7 Å². The molecule has 0 aromatic heterocycles. The molecule has 1 rings (SSSR count). The Morgan fingerprint density at radius 3 is 2.88 bits per heavy atom. The molecule has 42 valence electrons. The standard InChI is InChI=1S/C6H6O2/c1-5-2-6(3-7)8-4-5/h4H,2H2,1H3. The van der Waals surface area contributed by atoms with Crippen LogP contribution in [0.15, 0.2) is 17.6 Å². The summed E-state index contributed by atoms with van der Waals surface area (Å²) < 4.78 is 4.75. The topological polar surface area (TPSA) is 26.3 Å². The molecule has 0 N–H and O–H groups in total. The number of hydrogen-bond donors (Lipinski definition) is 0. The van der Waals surface area contributed by atoms with Gasteiger partial charge in [-0.2, -0.15) is 0 Å². The highest BCUT2D eigenvalue weighted by molar-refractivity contribution is 5.51. The maximum atomic E-state index is 9.83. The fourth-order valence-electron chi connectivity index (χ4n) is 0.568. The van der Waals surface area contributed by atoms with Gasteiger partial charge in [-0.1, -0.05) is 0 Å². The molecule has 8 heavy (non-hydrogen) atoms. The fourth-order valence-corrected chi connectivity index (χ4v) is 0.568. The van der Waals surface area contributed by atoms with Gasteiger partial charge < -0.3 is 4.74 Å². The van der Waals surface area contributed by atoms with Gasteiger partial charge in [-0.3, -0.25) is 0 Å². The molecule has 0 unspecified atom stereocenters. The zero-order chi connectivity index (χ0) is 5.98. The van der Waals surface area contributed by atoms with Crippen molar-refractivity contribution in [2.75, 3.05) is 0 Å². The second-order valence-corrected chi connectivity index (χ2v) is 1.78. The molecule has 0 radical (unpaired) electrons. The zero-order valence-electron chi connectivity index (χ0n) is 4.60. The molecular weight excluding hydrogens is 104 g/mol. The van der Waals surface area contributed by atoms with E-state index < -0.39 is 0 Å². The van der Waals surface area contributed by atoms with Gasteiger partial charge >= 0.3 is 0 Å². The third-order valence-electron chi connectivity index (χ3n) is 0.956. The Hall–Kier alpha value is -1.01. The molecule has 0 saturated heterocycles. The zero-order valence-corrected chi connectivity index (χ0v) is 4.60. The van der Waals surface area contributed by atoms with Gasteiger partial charge in [0.05, 0.1) is 6.26 Å². The molecule has 0 fully saturated rings. The third-order valence-corrected chi connectivity index (χ3v) is 0.956. The van der Waals surface area contributed by atoms with Crippen LogP contribution in [0.4, 0.5) is 0 Å². The molecule has 2 nitrogen and oxygen atoms in total. The van der Waals surface area contributed by atoms with E-state index in [4.69, 9.17) is 4.74 Å². The van der Waals surface area contributed by atoms with E-state index in [1.165, 1.54) is 0 Å². The van der Waals surface area contributed by atoms with Crippen LogP contribution in [0.5, 0.6) is 0 Å². The van der Waals surface area contributed by atoms with E-state index in [1.807, 2.05) is 6.92 Å². The van der Waals surface area contributed by atoms with Crippen molar-refractivity contribution >= 4 is 5.94 Å². The van der Waals surface area contributed by atoms with Crippen LogP contribution in [0.3, 0.4) is 0 Å². The lowest BCUT2D eigenvalue weighted by Gasteiger charge is -1.84. The van der Waals surface area contributed by atoms with Crippen molar-refractivity contribution in [2.45, 2.75) is 13.3 Å². The first-order valence-corrected chi connectivity index (χ1v) is 2.39. The molecule has 1 heterocycles. The van der Waals surface area contributed by atoms with Gasteiger partial charge in [0, 0.05) is 6.42 Å². The van der Waals surface area contributed by atoms with Gasteiger partial charge in [0.25, 0.3) is 0 Å². The summed E-state index contributed by atoms with van der Waals surface area (Å²) in [5.74, 6) is 2.08. The number of ether oxygens (including phenoxy) is 1. The van der Waals surface area contributed by atoms with Crippen LogP contribution in [0.2, 0.25) is 0 Å². The summed E-state index contributed by atoms with van der Waals surface area (Å²) in [6.45, 7) is 1.91. The molecule has 0 saturated carbocycles. The van der Waals surface area contributed by atoms with Crippen LogP contribution < -0.4 is 0 Å². The predicted octanol–water partition coefficient (Wildman–Crippen LogP) is 1.03. The smallest absolute Gasteiger partial charge is 0.190 e. The van der Waals surface area contributed by atoms with E-state index in [1.54, 1.807) is 12.2 Å². The number of rotatable bonds is 0. The average molecular weight is 110 g/mol. The van der Waals surface area contributed by atoms with Crippen molar-refractivity contribution in [1.82, 2.24) is 0 Å². The van der Waals surface area contributed by atoms with Gasteiger partial charge in [-0.25, -0.2) is 4.79 Å². The van der Waals surface area contributed by atoms with Crippen LogP contribution in [-0.2, 0) is 9.53 Å². The van der Waals surface area contributed by atoms with Crippen molar-refractivity contribution in [3.8, 4) is 0 Å². The summed E-state index contributed by atoms with van der Waals surface area (Å²) in [5.41, 5.74) is 1.07. The van der Waals surface area contributed by atoms with Crippen LogP contribution in [0.1, 0.15) is 13.3 Å². The van der Waals surface area contributed by atoms with Gasteiger partial charge in [0.1, 0.15) is 0 Å². The third kappa shape index (κ3) is 0.796. The molecule has 0 bridgehead atoms. The number of hydrogen-bond acceptors (Lipinski definition) is 2. The van der Waals surface area contributed by atoms with Crippen molar-refractivity contribution < 1.29 is 9.53 Å². The molecule has 1 aliphatic rings. The molecular formula is C6H6O2. The maximum absolute atomic E-state index is 9.83. The molecule has 0 amide bonds. The summed E-state index contributed by atoms with van der Waals surface area (Å²) in [7, 11) is 0. The highest BCUT2D eigenvalue weighted by Crippen LogP contribution is 2.16. The second-order valence-electron chi connectivity index (χ2n) is 1.78. The maximum Gasteiger partial charge on any atom is 0.190 e. The highest BCUT2D eigenvalue weighted by atomic mass is 16.5. The Kier molecular flexibility index (Phi) is 1.18. The minimum absolute atomic E-state index is 0.391. The summed E-state index contributed by atoms with van der Waals surface area (Å²) in [6.07, 6.45) is 2.20. The molecule has 0 aliphatic carbocycles. The molecule has 0 spiro atoms. The van der Waals surface area contributed by atoms with Crippen LogP contribution in [0.25, 0.3) is 0 Å². The van der Waals surface area contributed by atoms with Crippen molar-refractivity contribution in [3.63, 3.8) is 0 Å². The summed E-state index contributed by atoms with van der Waals surface area (Å²) in [5, 5.41) is 0.